The molecule has 4 heteroatoms. The lowest BCUT2D eigenvalue weighted by Crippen LogP contribution is -2.10. The van der Waals surface area contributed by atoms with Gasteiger partial charge < -0.3 is 13.7 Å². The molecule has 8 aromatic carbocycles. The summed E-state index contributed by atoms with van der Waals surface area (Å²) >= 11 is 1.85. The van der Waals surface area contributed by atoms with E-state index in [9.17, 15) is 0 Å². The van der Waals surface area contributed by atoms with Gasteiger partial charge in [-0.05, 0) is 77.2 Å². The molecule has 0 N–H and O–H groups in total. The van der Waals surface area contributed by atoms with Crippen LogP contribution >= 0.6 is 11.3 Å². The van der Waals surface area contributed by atoms with Gasteiger partial charge in [0.2, 0.25) is 0 Å². The number of benzene rings is 8. The predicted octanol–water partition coefficient (Wildman–Crippen LogP) is 14.1. The highest BCUT2D eigenvalue weighted by molar-refractivity contribution is 7.25. The Labute approximate surface area is 290 Å². The van der Waals surface area contributed by atoms with Crippen molar-refractivity contribution < 1.29 is 8.83 Å². The van der Waals surface area contributed by atoms with Crippen LogP contribution in [0.2, 0.25) is 0 Å². The number of hydrogen-bond acceptors (Lipinski definition) is 4. The number of anilines is 3. The average molecular weight is 658 g/mol. The molecule has 0 bridgehead atoms. The Bertz CT molecular complexity index is 3130. The molecule has 0 radical (unpaired) electrons. The summed E-state index contributed by atoms with van der Waals surface area (Å²) in [5.74, 6) is 0. The van der Waals surface area contributed by atoms with Crippen LogP contribution in [-0.4, -0.2) is 0 Å². The summed E-state index contributed by atoms with van der Waals surface area (Å²) in [6.07, 6.45) is 0. The smallest absolute Gasteiger partial charge is 0.143 e. The van der Waals surface area contributed by atoms with Crippen LogP contribution in [0.3, 0.4) is 0 Å². The van der Waals surface area contributed by atoms with E-state index in [-0.39, 0.29) is 0 Å². The third-order valence-corrected chi connectivity index (χ3v) is 11.2. The van der Waals surface area contributed by atoms with Crippen LogP contribution in [0.15, 0.2) is 173 Å². The van der Waals surface area contributed by atoms with E-state index < -0.39 is 0 Å². The zero-order valence-electron chi connectivity index (χ0n) is 26.8. The zero-order valence-corrected chi connectivity index (χ0v) is 27.6. The maximum absolute atomic E-state index is 6.67. The van der Waals surface area contributed by atoms with E-state index in [4.69, 9.17) is 8.83 Å². The number of hydrogen-bond donors (Lipinski definition) is 0. The van der Waals surface area contributed by atoms with Crippen molar-refractivity contribution in [3.05, 3.63) is 164 Å². The van der Waals surface area contributed by atoms with Crippen LogP contribution in [0.4, 0.5) is 17.1 Å². The second kappa shape index (κ2) is 10.6. The summed E-state index contributed by atoms with van der Waals surface area (Å²) in [5.41, 5.74) is 9.01. The summed E-state index contributed by atoms with van der Waals surface area (Å²) in [5, 5.41) is 9.26. The number of para-hydroxylation sites is 1. The Morgan fingerprint density at radius 2 is 1.14 bits per heavy atom. The van der Waals surface area contributed by atoms with Gasteiger partial charge in [-0.2, -0.15) is 0 Å². The van der Waals surface area contributed by atoms with E-state index in [2.05, 4.69) is 157 Å². The normalized spacial score (nSPS) is 12.0. The molecule has 3 nitrogen and oxygen atoms in total. The Balaban J connectivity index is 1.19. The maximum Gasteiger partial charge on any atom is 0.143 e. The summed E-state index contributed by atoms with van der Waals surface area (Å²) in [6, 6.07) is 58.3. The first-order valence-corrected chi connectivity index (χ1v) is 17.7. The standard InChI is InChI=1S/C46H27NO2S/c1-2-13-33-28(10-1)22-24-37-45-38(17-9-19-40(45)49-46(33)37)47(31-23-25-35-34-14-3-5-18-39(34)48-41(35)27-31)30-12-7-11-29(26-30)32-16-8-21-43-44(32)36-15-4-6-20-42(36)50-43/h1-27H. The van der Waals surface area contributed by atoms with Crippen molar-refractivity contribution in [1.29, 1.82) is 0 Å². The molecule has 0 saturated heterocycles. The van der Waals surface area contributed by atoms with Crippen LogP contribution in [0, 0.1) is 0 Å². The molecular formula is C46H27NO2S. The number of furan rings is 2. The maximum atomic E-state index is 6.67. The minimum absolute atomic E-state index is 0.856. The van der Waals surface area contributed by atoms with Crippen molar-refractivity contribution in [1.82, 2.24) is 0 Å². The number of nitrogens with zero attached hydrogens (tertiary/aromatic N) is 1. The van der Waals surface area contributed by atoms with E-state index in [1.807, 2.05) is 23.5 Å². The van der Waals surface area contributed by atoms with Gasteiger partial charge in [0, 0.05) is 59.2 Å². The fourth-order valence-corrected chi connectivity index (χ4v) is 8.96. The molecule has 0 aliphatic heterocycles. The highest BCUT2D eigenvalue weighted by Crippen LogP contribution is 2.47. The van der Waals surface area contributed by atoms with Crippen LogP contribution < -0.4 is 4.90 Å². The predicted molar refractivity (Wildman–Crippen MR) is 212 cm³/mol. The second-order valence-corrected chi connectivity index (χ2v) is 13.9. The first-order chi connectivity index (χ1) is 24.8. The Hall–Kier alpha value is -6.36. The van der Waals surface area contributed by atoms with Crippen molar-refractivity contribution in [2.75, 3.05) is 4.90 Å². The van der Waals surface area contributed by atoms with E-state index in [1.165, 1.54) is 31.3 Å². The highest BCUT2D eigenvalue weighted by atomic mass is 32.1. The largest absolute Gasteiger partial charge is 0.456 e. The fraction of sp³-hybridized carbons (Fsp3) is 0. The summed E-state index contributed by atoms with van der Waals surface area (Å²) in [7, 11) is 0. The SMILES string of the molecule is c1cc(-c2cccc3sc4ccccc4c23)cc(N(c2ccc3c(c2)oc2ccccc23)c2cccc3oc4c5ccccc5ccc4c23)c1. The third-order valence-electron chi connectivity index (χ3n) is 10.0. The lowest BCUT2D eigenvalue weighted by atomic mass is 9.98. The molecule has 0 saturated carbocycles. The van der Waals surface area contributed by atoms with Gasteiger partial charge in [0.05, 0.1) is 11.1 Å². The summed E-state index contributed by atoms with van der Waals surface area (Å²) in [4.78, 5) is 2.36. The van der Waals surface area contributed by atoms with Crippen molar-refractivity contribution in [3.8, 4) is 11.1 Å². The molecule has 3 aromatic heterocycles. The quantitative estimate of drug-likeness (QED) is 0.189. The molecule has 50 heavy (non-hydrogen) atoms. The molecular weight excluding hydrogens is 631 g/mol. The highest BCUT2D eigenvalue weighted by Gasteiger charge is 2.22. The van der Waals surface area contributed by atoms with Gasteiger partial charge in [-0.15, -0.1) is 11.3 Å². The molecule has 3 heterocycles. The Kier molecular flexibility index (Phi) is 5.83. The molecule has 11 aromatic rings. The summed E-state index contributed by atoms with van der Waals surface area (Å²) in [6.45, 7) is 0. The molecule has 0 aliphatic rings. The molecule has 11 rings (SSSR count). The van der Waals surface area contributed by atoms with Crippen molar-refractivity contribution in [2.24, 2.45) is 0 Å². The van der Waals surface area contributed by atoms with Crippen molar-refractivity contribution in [2.45, 2.75) is 0 Å². The summed E-state index contributed by atoms with van der Waals surface area (Å²) < 4.78 is 15.7. The van der Waals surface area contributed by atoms with Gasteiger partial charge in [-0.3, -0.25) is 0 Å². The molecule has 0 fully saturated rings. The van der Waals surface area contributed by atoms with Crippen molar-refractivity contribution >= 4 is 103 Å². The first kappa shape index (κ1) is 27.6. The molecule has 0 amide bonds. The molecule has 0 atom stereocenters. The van der Waals surface area contributed by atoms with Gasteiger partial charge in [-0.1, -0.05) is 97.1 Å². The second-order valence-electron chi connectivity index (χ2n) is 12.9. The van der Waals surface area contributed by atoms with Crippen LogP contribution in [-0.2, 0) is 0 Å². The lowest BCUT2D eigenvalue weighted by Gasteiger charge is -2.27. The Morgan fingerprint density at radius 3 is 2.10 bits per heavy atom. The van der Waals surface area contributed by atoms with Crippen LogP contribution in [0.25, 0.3) is 85.9 Å². The van der Waals surface area contributed by atoms with E-state index >= 15 is 0 Å². The zero-order chi connectivity index (χ0) is 32.8. The molecule has 0 spiro atoms. The molecule has 0 aliphatic carbocycles. The molecule has 234 valence electrons. The van der Waals surface area contributed by atoms with Crippen LogP contribution in [0.5, 0.6) is 0 Å². The molecule has 0 unspecified atom stereocenters. The number of thiophene rings is 1. The van der Waals surface area contributed by atoms with E-state index in [1.54, 1.807) is 0 Å². The third kappa shape index (κ3) is 4.03. The lowest BCUT2D eigenvalue weighted by molar-refractivity contribution is 0.669. The monoisotopic (exact) mass is 657 g/mol. The fourth-order valence-electron chi connectivity index (χ4n) is 7.83. The van der Waals surface area contributed by atoms with Gasteiger partial charge in [-0.25, -0.2) is 0 Å². The van der Waals surface area contributed by atoms with E-state index in [0.717, 1.165) is 71.7 Å². The Morgan fingerprint density at radius 1 is 0.420 bits per heavy atom. The van der Waals surface area contributed by atoms with E-state index in [0.29, 0.717) is 0 Å². The first-order valence-electron chi connectivity index (χ1n) is 16.8. The van der Waals surface area contributed by atoms with Gasteiger partial charge >= 0.3 is 0 Å². The van der Waals surface area contributed by atoms with Crippen LogP contribution in [0.1, 0.15) is 0 Å². The van der Waals surface area contributed by atoms with Gasteiger partial charge in [0.1, 0.15) is 22.3 Å². The van der Waals surface area contributed by atoms with Crippen molar-refractivity contribution in [3.63, 3.8) is 0 Å². The topological polar surface area (TPSA) is 29.5 Å². The number of rotatable bonds is 4. The minimum atomic E-state index is 0.856. The van der Waals surface area contributed by atoms with Gasteiger partial charge in [0.15, 0.2) is 0 Å². The van der Waals surface area contributed by atoms with Gasteiger partial charge in [0.25, 0.3) is 0 Å². The average Bonchev–Trinajstić information content (AvgIpc) is 3.86. The number of fused-ring (bicyclic) bond motifs is 11. The minimum Gasteiger partial charge on any atom is -0.456 e.